The van der Waals surface area contributed by atoms with E-state index in [1.54, 1.807) is 0 Å². The van der Waals surface area contributed by atoms with Crippen molar-refractivity contribution in [2.45, 2.75) is 45.9 Å². The highest BCUT2D eigenvalue weighted by atomic mass is 16.5. The molecule has 138 valence electrons. The summed E-state index contributed by atoms with van der Waals surface area (Å²) in [6.07, 6.45) is 1.43. The normalized spacial score (nSPS) is 12.4. The average Bonchev–Trinajstić information content (AvgIpc) is 2.91. The largest absolute Gasteiger partial charge is 0.491 e. The lowest BCUT2D eigenvalue weighted by molar-refractivity contribution is 0.0921. The quantitative estimate of drug-likeness (QED) is 0.651. The van der Waals surface area contributed by atoms with Crippen molar-refractivity contribution in [2.24, 2.45) is 0 Å². The van der Waals surface area contributed by atoms with Gasteiger partial charge in [0, 0.05) is 6.54 Å². The Kier molecular flexibility index (Phi) is 5.78. The minimum atomic E-state index is -0.684. The molecule has 1 heterocycles. The summed E-state index contributed by atoms with van der Waals surface area (Å²) in [6, 6.07) is 15.8. The van der Waals surface area contributed by atoms with Crippen LogP contribution in [0.15, 0.2) is 48.5 Å². The van der Waals surface area contributed by atoms with Crippen molar-refractivity contribution in [3.05, 3.63) is 59.7 Å². The SMILES string of the molecule is CCCCn1c(=N)n(C[C@@H](O)COc2ccc(C)cc2)c2ccccc21. The molecule has 0 amide bonds. The van der Waals surface area contributed by atoms with Crippen LogP contribution >= 0.6 is 0 Å². The molecule has 5 nitrogen and oxygen atoms in total. The first kappa shape index (κ1) is 18.3. The molecule has 0 radical (unpaired) electrons. The van der Waals surface area contributed by atoms with Crippen LogP contribution in [0, 0.1) is 12.3 Å². The zero-order chi connectivity index (χ0) is 18.5. The fourth-order valence-electron chi connectivity index (χ4n) is 3.11. The number of imidazole rings is 1. The van der Waals surface area contributed by atoms with E-state index in [2.05, 4.69) is 6.92 Å². The highest BCUT2D eigenvalue weighted by molar-refractivity contribution is 5.75. The summed E-state index contributed by atoms with van der Waals surface area (Å²) in [5.74, 6) is 0.746. The smallest absolute Gasteiger partial charge is 0.203 e. The van der Waals surface area contributed by atoms with E-state index >= 15 is 0 Å². The van der Waals surface area contributed by atoms with Crippen molar-refractivity contribution >= 4 is 11.0 Å². The topological polar surface area (TPSA) is 63.2 Å². The van der Waals surface area contributed by atoms with Crippen LogP contribution in [-0.4, -0.2) is 27.0 Å². The number of aliphatic hydroxyl groups excluding tert-OH is 1. The Morgan fingerprint density at radius 3 is 2.35 bits per heavy atom. The molecule has 3 rings (SSSR count). The van der Waals surface area contributed by atoms with E-state index in [0.717, 1.165) is 36.2 Å². The molecule has 0 aliphatic heterocycles. The Bertz CT molecular complexity index is 909. The van der Waals surface area contributed by atoms with Gasteiger partial charge in [0.15, 0.2) is 0 Å². The number of nitrogens with one attached hydrogen (secondary N) is 1. The minimum absolute atomic E-state index is 0.198. The maximum atomic E-state index is 10.4. The number of ether oxygens (including phenoxy) is 1. The number of rotatable bonds is 8. The van der Waals surface area contributed by atoms with E-state index in [9.17, 15) is 5.11 Å². The van der Waals surface area contributed by atoms with Crippen molar-refractivity contribution in [2.75, 3.05) is 6.61 Å². The minimum Gasteiger partial charge on any atom is -0.491 e. The molecule has 0 aliphatic rings. The number of hydrogen-bond acceptors (Lipinski definition) is 3. The molecule has 5 heteroatoms. The second-order valence-corrected chi connectivity index (χ2v) is 6.71. The first-order valence-corrected chi connectivity index (χ1v) is 9.20. The van der Waals surface area contributed by atoms with Crippen molar-refractivity contribution < 1.29 is 9.84 Å². The second-order valence-electron chi connectivity index (χ2n) is 6.71. The van der Waals surface area contributed by atoms with Crippen LogP contribution in [0.2, 0.25) is 0 Å². The van der Waals surface area contributed by atoms with Gasteiger partial charge in [-0.25, -0.2) is 0 Å². The number of hydrogen-bond donors (Lipinski definition) is 2. The fraction of sp³-hybridized carbons (Fsp3) is 0.381. The fourth-order valence-corrected chi connectivity index (χ4v) is 3.11. The average molecular weight is 353 g/mol. The first-order valence-electron chi connectivity index (χ1n) is 9.20. The van der Waals surface area contributed by atoms with Gasteiger partial charge in [0.1, 0.15) is 18.5 Å². The van der Waals surface area contributed by atoms with E-state index in [-0.39, 0.29) is 6.61 Å². The van der Waals surface area contributed by atoms with Crippen LogP contribution in [0.5, 0.6) is 5.75 Å². The Hall–Kier alpha value is -2.53. The van der Waals surface area contributed by atoms with Gasteiger partial charge >= 0.3 is 0 Å². The lowest BCUT2D eigenvalue weighted by atomic mass is 10.2. The van der Waals surface area contributed by atoms with E-state index in [4.69, 9.17) is 10.1 Å². The molecular weight excluding hydrogens is 326 g/mol. The summed E-state index contributed by atoms with van der Waals surface area (Å²) in [4.78, 5) is 0. The summed E-state index contributed by atoms with van der Waals surface area (Å²) in [6.45, 7) is 5.53. The predicted molar refractivity (Wildman–Crippen MR) is 103 cm³/mol. The second kappa shape index (κ2) is 8.23. The number of benzene rings is 2. The molecule has 26 heavy (non-hydrogen) atoms. The van der Waals surface area contributed by atoms with Crippen LogP contribution in [0.25, 0.3) is 11.0 Å². The van der Waals surface area contributed by atoms with Gasteiger partial charge in [0.05, 0.1) is 17.6 Å². The number of aliphatic hydroxyl groups is 1. The lowest BCUT2D eigenvalue weighted by Crippen LogP contribution is -2.31. The van der Waals surface area contributed by atoms with Crippen LogP contribution in [0.3, 0.4) is 0 Å². The summed E-state index contributed by atoms with van der Waals surface area (Å²) < 4.78 is 9.58. The van der Waals surface area contributed by atoms with Crippen molar-refractivity contribution in [1.29, 1.82) is 5.41 Å². The molecule has 3 aromatic rings. The summed E-state index contributed by atoms with van der Waals surface area (Å²) in [5.41, 5.74) is 3.61. The number of nitrogens with zero attached hydrogens (tertiary/aromatic N) is 2. The molecule has 2 aromatic carbocycles. The molecule has 1 atom stereocenters. The number of unbranched alkanes of at least 4 members (excludes halogenated alkanes) is 1. The molecule has 0 aliphatic carbocycles. The van der Waals surface area contributed by atoms with Gasteiger partial charge in [0.25, 0.3) is 0 Å². The third-order valence-corrected chi connectivity index (χ3v) is 4.57. The third-order valence-electron chi connectivity index (χ3n) is 4.57. The van der Waals surface area contributed by atoms with Crippen molar-refractivity contribution in [1.82, 2.24) is 9.13 Å². The van der Waals surface area contributed by atoms with Gasteiger partial charge in [-0.2, -0.15) is 0 Å². The Labute approximate surface area is 154 Å². The molecule has 0 saturated heterocycles. The van der Waals surface area contributed by atoms with Gasteiger partial charge in [-0.05, 0) is 37.6 Å². The predicted octanol–water partition coefficient (Wildman–Crippen LogP) is 3.47. The van der Waals surface area contributed by atoms with E-state index in [0.29, 0.717) is 12.2 Å². The number of aromatic nitrogens is 2. The molecule has 0 unspecified atom stereocenters. The van der Waals surface area contributed by atoms with E-state index < -0.39 is 6.10 Å². The number of para-hydroxylation sites is 2. The van der Waals surface area contributed by atoms with Gasteiger partial charge in [-0.1, -0.05) is 43.2 Å². The van der Waals surface area contributed by atoms with Gasteiger partial charge in [-0.15, -0.1) is 0 Å². The highest BCUT2D eigenvalue weighted by Gasteiger charge is 2.14. The molecule has 0 bridgehead atoms. The number of fused-ring (bicyclic) bond motifs is 1. The lowest BCUT2D eigenvalue weighted by Gasteiger charge is -2.14. The summed E-state index contributed by atoms with van der Waals surface area (Å²) in [5, 5.41) is 19.0. The Morgan fingerprint density at radius 2 is 1.69 bits per heavy atom. The van der Waals surface area contributed by atoms with Crippen molar-refractivity contribution in [3.8, 4) is 5.75 Å². The Balaban J connectivity index is 1.76. The number of aryl methyl sites for hydroxylation is 2. The van der Waals surface area contributed by atoms with Crippen LogP contribution in [0.1, 0.15) is 25.3 Å². The standard InChI is InChI=1S/C21H27N3O2/c1-3-4-13-23-19-7-5-6-8-20(19)24(21(23)22)14-17(25)15-26-18-11-9-16(2)10-12-18/h5-12,17,22,25H,3-4,13-15H2,1-2H3/t17-/m1/s1. The van der Waals surface area contributed by atoms with Gasteiger partial charge in [0.2, 0.25) is 5.62 Å². The van der Waals surface area contributed by atoms with Crippen LogP contribution < -0.4 is 10.4 Å². The van der Waals surface area contributed by atoms with E-state index in [1.165, 1.54) is 5.56 Å². The first-order chi connectivity index (χ1) is 12.6. The monoisotopic (exact) mass is 353 g/mol. The maximum Gasteiger partial charge on any atom is 0.203 e. The van der Waals surface area contributed by atoms with Crippen LogP contribution in [0.4, 0.5) is 0 Å². The van der Waals surface area contributed by atoms with Gasteiger partial charge < -0.3 is 19.0 Å². The zero-order valence-electron chi connectivity index (χ0n) is 15.5. The summed E-state index contributed by atoms with van der Waals surface area (Å²) in [7, 11) is 0. The molecule has 0 spiro atoms. The van der Waals surface area contributed by atoms with E-state index in [1.807, 2.05) is 64.6 Å². The van der Waals surface area contributed by atoms with Crippen molar-refractivity contribution in [3.63, 3.8) is 0 Å². The zero-order valence-corrected chi connectivity index (χ0v) is 15.5. The maximum absolute atomic E-state index is 10.4. The molecule has 2 N–H and O–H groups in total. The molecule has 0 fully saturated rings. The summed E-state index contributed by atoms with van der Waals surface area (Å²) >= 11 is 0. The molecular formula is C21H27N3O2. The third kappa shape index (κ3) is 3.99. The van der Waals surface area contributed by atoms with Crippen LogP contribution in [-0.2, 0) is 13.1 Å². The van der Waals surface area contributed by atoms with Gasteiger partial charge in [-0.3, -0.25) is 5.41 Å². The Morgan fingerprint density at radius 1 is 1.04 bits per heavy atom. The molecule has 1 aromatic heterocycles. The molecule has 0 saturated carbocycles. The highest BCUT2D eigenvalue weighted by Crippen LogP contribution is 2.15.